The molecule has 1 aromatic rings. The maximum atomic E-state index is 11.7. The smallest absolute Gasteiger partial charge is 0.237 e. The van der Waals surface area contributed by atoms with Gasteiger partial charge in [0.15, 0.2) is 0 Å². The third kappa shape index (κ3) is 4.50. The van der Waals surface area contributed by atoms with Crippen molar-refractivity contribution in [3.63, 3.8) is 0 Å². The molecule has 0 aliphatic carbocycles. The van der Waals surface area contributed by atoms with Crippen LogP contribution in [0.1, 0.15) is 24.9 Å². The van der Waals surface area contributed by atoms with Crippen molar-refractivity contribution in [3.05, 3.63) is 30.1 Å². The van der Waals surface area contributed by atoms with Gasteiger partial charge >= 0.3 is 0 Å². The van der Waals surface area contributed by atoms with Gasteiger partial charge in [-0.25, -0.2) is 0 Å². The van der Waals surface area contributed by atoms with Crippen molar-refractivity contribution < 1.29 is 9.53 Å². The molecule has 2 unspecified atom stereocenters. The Hall–Kier alpha value is -1.46. The maximum absolute atomic E-state index is 11.7. The summed E-state index contributed by atoms with van der Waals surface area (Å²) < 4.78 is 4.88. The van der Waals surface area contributed by atoms with Crippen LogP contribution >= 0.6 is 0 Å². The first-order chi connectivity index (χ1) is 8.15. The normalized spacial score (nSPS) is 14.1. The summed E-state index contributed by atoms with van der Waals surface area (Å²) in [6, 6.07) is 3.13. The van der Waals surface area contributed by atoms with E-state index < -0.39 is 6.04 Å². The molecule has 1 rings (SSSR count). The number of nitrogens with two attached hydrogens (primary N) is 1. The molecule has 0 aliphatic heterocycles. The number of nitrogens with one attached hydrogen (secondary N) is 1. The fourth-order valence-electron chi connectivity index (χ4n) is 1.43. The number of hydrogen-bond donors (Lipinski definition) is 2. The first kappa shape index (κ1) is 13.6. The Morgan fingerprint density at radius 2 is 2.18 bits per heavy atom. The van der Waals surface area contributed by atoms with E-state index in [1.807, 2.05) is 19.1 Å². The number of carbonyl (C=O) groups is 1. The quantitative estimate of drug-likeness (QED) is 0.760. The van der Waals surface area contributed by atoms with Crippen LogP contribution in [0.5, 0.6) is 0 Å². The van der Waals surface area contributed by atoms with E-state index in [0.717, 1.165) is 5.56 Å². The molecule has 1 aromatic heterocycles. The molecule has 5 heteroatoms. The number of aromatic nitrogens is 1. The van der Waals surface area contributed by atoms with E-state index in [-0.39, 0.29) is 11.9 Å². The summed E-state index contributed by atoms with van der Waals surface area (Å²) in [5.41, 5.74) is 6.73. The van der Waals surface area contributed by atoms with E-state index in [9.17, 15) is 4.79 Å². The van der Waals surface area contributed by atoms with E-state index in [1.54, 1.807) is 19.5 Å². The Balaban J connectivity index is 2.46. The van der Waals surface area contributed by atoms with Gasteiger partial charge in [-0.1, -0.05) is 0 Å². The van der Waals surface area contributed by atoms with E-state index in [2.05, 4.69) is 10.3 Å². The van der Waals surface area contributed by atoms with Crippen LogP contribution < -0.4 is 11.1 Å². The van der Waals surface area contributed by atoms with Gasteiger partial charge in [-0.15, -0.1) is 0 Å². The minimum atomic E-state index is -0.528. The van der Waals surface area contributed by atoms with Gasteiger partial charge in [0.25, 0.3) is 0 Å². The molecule has 0 fully saturated rings. The molecule has 94 valence electrons. The van der Waals surface area contributed by atoms with E-state index in [0.29, 0.717) is 13.0 Å². The molecule has 17 heavy (non-hydrogen) atoms. The SMILES string of the molecule is COCCC(N)C(=O)NC(C)c1ccncc1. The van der Waals surface area contributed by atoms with Crippen molar-refractivity contribution in [1.82, 2.24) is 10.3 Å². The van der Waals surface area contributed by atoms with Crippen LogP contribution in [0.15, 0.2) is 24.5 Å². The van der Waals surface area contributed by atoms with Crippen molar-refractivity contribution in [3.8, 4) is 0 Å². The second kappa shape index (κ2) is 6.98. The van der Waals surface area contributed by atoms with Crippen LogP contribution in [0.4, 0.5) is 0 Å². The van der Waals surface area contributed by atoms with E-state index >= 15 is 0 Å². The van der Waals surface area contributed by atoms with Crippen LogP contribution in [-0.4, -0.2) is 30.6 Å². The first-order valence-corrected chi connectivity index (χ1v) is 5.60. The minimum Gasteiger partial charge on any atom is -0.385 e. The largest absolute Gasteiger partial charge is 0.385 e. The average Bonchev–Trinajstić information content (AvgIpc) is 2.36. The van der Waals surface area contributed by atoms with Gasteiger partial charge in [-0.2, -0.15) is 0 Å². The van der Waals surface area contributed by atoms with Gasteiger partial charge in [0.2, 0.25) is 5.91 Å². The van der Waals surface area contributed by atoms with Gasteiger partial charge in [0.05, 0.1) is 12.1 Å². The summed E-state index contributed by atoms with van der Waals surface area (Å²) in [4.78, 5) is 15.7. The molecule has 0 bridgehead atoms. The highest BCUT2D eigenvalue weighted by Gasteiger charge is 2.15. The molecule has 3 N–H and O–H groups in total. The zero-order valence-corrected chi connectivity index (χ0v) is 10.2. The molecule has 1 amide bonds. The molecule has 0 saturated heterocycles. The van der Waals surface area contributed by atoms with E-state index in [4.69, 9.17) is 10.5 Å². The minimum absolute atomic E-state index is 0.0703. The van der Waals surface area contributed by atoms with Crippen molar-refractivity contribution in [2.75, 3.05) is 13.7 Å². The van der Waals surface area contributed by atoms with Crippen LogP contribution in [0.2, 0.25) is 0 Å². The van der Waals surface area contributed by atoms with Gasteiger partial charge < -0.3 is 15.8 Å². The average molecular weight is 237 g/mol. The lowest BCUT2D eigenvalue weighted by atomic mass is 10.1. The van der Waals surface area contributed by atoms with Gasteiger partial charge in [0, 0.05) is 26.1 Å². The zero-order valence-electron chi connectivity index (χ0n) is 10.2. The highest BCUT2D eigenvalue weighted by molar-refractivity contribution is 5.81. The van der Waals surface area contributed by atoms with Crippen molar-refractivity contribution in [2.24, 2.45) is 5.73 Å². The van der Waals surface area contributed by atoms with E-state index in [1.165, 1.54) is 0 Å². The topological polar surface area (TPSA) is 77.2 Å². The molecular formula is C12H19N3O2. The molecule has 0 aromatic carbocycles. The van der Waals surface area contributed by atoms with Crippen LogP contribution in [0, 0.1) is 0 Å². The lowest BCUT2D eigenvalue weighted by Gasteiger charge is -2.17. The van der Waals surface area contributed by atoms with Crippen LogP contribution in [0.3, 0.4) is 0 Å². The molecular weight excluding hydrogens is 218 g/mol. The van der Waals surface area contributed by atoms with Crippen molar-refractivity contribution in [1.29, 1.82) is 0 Å². The highest BCUT2D eigenvalue weighted by atomic mass is 16.5. The first-order valence-electron chi connectivity index (χ1n) is 5.60. The number of rotatable bonds is 6. The third-order valence-electron chi connectivity index (χ3n) is 2.53. The monoisotopic (exact) mass is 237 g/mol. The predicted octanol–water partition coefficient (Wildman–Crippen LogP) is 0.623. The maximum Gasteiger partial charge on any atom is 0.237 e. The summed E-state index contributed by atoms with van der Waals surface area (Å²) >= 11 is 0. The van der Waals surface area contributed by atoms with Crippen molar-refractivity contribution >= 4 is 5.91 Å². The number of nitrogens with zero attached hydrogens (tertiary/aromatic N) is 1. The zero-order chi connectivity index (χ0) is 12.7. The molecule has 1 heterocycles. The van der Waals surface area contributed by atoms with Gasteiger partial charge in [-0.05, 0) is 31.0 Å². The lowest BCUT2D eigenvalue weighted by Crippen LogP contribution is -2.42. The number of amides is 1. The van der Waals surface area contributed by atoms with Crippen LogP contribution in [0.25, 0.3) is 0 Å². The van der Waals surface area contributed by atoms with Crippen molar-refractivity contribution in [2.45, 2.75) is 25.4 Å². The molecule has 2 atom stereocenters. The second-order valence-corrected chi connectivity index (χ2v) is 3.90. The summed E-state index contributed by atoms with van der Waals surface area (Å²) in [6.07, 6.45) is 3.91. The molecule has 0 radical (unpaired) electrons. The molecule has 0 saturated carbocycles. The Morgan fingerprint density at radius 1 is 1.53 bits per heavy atom. The van der Waals surface area contributed by atoms with Gasteiger partial charge in [0.1, 0.15) is 0 Å². The fraction of sp³-hybridized carbons (Fsp3) is 0.500. The number of methoxy groups -OCH3 is 1. The second-order valence-electron chi connectivity index (χ2n) is 3.90. The lowest BCUT2D eigenvalue weighted by molar-refractivity contribution is -0.123. The highest BCUT2D eigenvalue weighted by Crippen LogP contribution is 2.10. The number of carbonyl (C=O) groups excluding carboxylic acids is 1. The Morgan fingerprint density at radius 3 is 2.76 bits per heavy atom. The summed E-state index contributed by atoms with van der Waals surface area (Å²) in [7, 11) is 1.59. The summed E-state index contributed by atoms with van der Waals surface area (Å²) in [5.74, 6) is -0.161. The fourth-order valence-corrected chi connectivity index (χ4v) is 1.43. The van der Waals surface area contributed by atoms with Gasteiger partial charge in [-0.3, -0.25) is 9.78 Å². The number of pyridine rings is 1. The molecule has 5 nitrogen and oxygen atoms in total. The Labute approximate surface area is 101 Å². The molecule has 0 aliphatic rings. The Bertz CT molecular complexity index is 343. The number of hydrogen-bond acceptors (Lipinski definition) is 4. The summed E-state index contributed by atoms with van der Waals surface area (Å²) in [6.45, 7) is 2.40. The predicted molar refractivity (Wildman–Crippen MR) is 65.3 cm³/mol. The third-order valence-corrected chi connectivity index (χ3v) is 2.53. The summed E-state index contributed by atoms with van der Waals surface area (Å²) in [5, 5.41) is 2.86. The standard InChI is InChI=1S/C12H19N3O2/c1-9(10-3-6-14-7-4-10)15-12(16)11(13)5-8-17-2/h3-4,6-7,9,11H,5,8,13H2,1-2H3,(H,15,16). The number of ether oxygens (including phenoxy) is 1. The molecule has 0 spiro atoms. The van der Waals surface area contributed by atoms with Crippen LogP contribution in [-0.2, 0) is 9.53 Å². The Kier molecular flexibility index (Phi) is 5.59.